The number of halogens is 1. The first-order valence-electron chi connectivity index (χ1n) is 9.16. The third kappa shape index (κ3) is 3.83. The molecule has 4 heteroatoms. The van der Waals surface area contributed by atoms with E-state index in [2.05, 4.69) is 17.0 Å². The molecule has 3 nitrogen and oxygen atoms in total. The minimum atomic E-state index is 0.0911. The van der Waals surface area contributed by atoms with Crippen LogP contribution in [0, 0.1) is 0 Å². The largest absolute Gasteiger partial charge is 0.367 e. The molecule has 0 spiro atoms. The van der Waals surface area contributed by atoms with E-state index in [1.54, 1.807) is 0 Å². The lowest BCUT2D eigenvalue weighted by Crippen LogP contribution is -2.48. The Kier molecular flexibility index (Phi) is 5.12. The number of anilines is 1. The maximum atomic E-state index is 12.8. The molecule has 0 aliphatic carbocycles. The number of hydrogen-bond donors (Lipinski definition) is 0. The maximum absolute atomic E-state index is 12.8. The van der Waals surface area contributed by atoms with E-state index in [0.717, 1.165) is 40.5 Å². The topological polar surface area (TPSA) is 23.6 Å². The molecule has 4 rings (SSSR count). The fraction of sp³-hybridized carbons (Fsp3) is 0.174. The molecule has 0 radical (unpaired) electrons. The third-order valence-electron chi connectivity index (χ3n) is 5.00. The molecule has 0 aromatic heterocycles. The molecular weight excluding hydrogens is 356 g/mol. The van der Waals surface area contributed by atoms with Gasteiger partial charge in [-0.05, 0) is 35.4 Å². The summed E-state index contributed by atoms with van der Waals surface area (Å²) in [5.41, 5.74) is 4.06. The average molecular weight is 377 g/mol. The summed E-state index contributed by atoms with van der Waals surface area (Å²) in [7, 11) is 0. The van der Waals surface area contributed by atoms with Crippen LogP contribution in [0.4, 0.5) is 5.69 Å². The van der Waals surface area contributed by atoms with E-state index in [1.807, 2.05) is 71.6 Å². The number of carbonyl (C=O) groups excluding carboxylic acids is 1. The van der Waals surface area contributed by atoms with Gasteiger partial charge in [0.25, 0.3) is 5.91 Å². The van der Waals surface area contributed by atoms with Crippen molar-refractivity contribution in [2.75, 3.05) is 31.1 Å². The number of hydrogen-bond acceptors (Lipinski definition) is 2. The molecule has 0 saturated carbocycles. The normalized spacial score (nSPS) is 14.3. The van der Waals surface area contributed by atoms with E-state index >= 15 is 0 Å². The number of amides is 1. The molecule has 1 aliphatic rings. The van der Waals surface area contributed by atoms with Gasteiger partial charge in [0.1, 0.15) is 0 Å². The van der Waals surface area contributed by atoms with Crippen LogP contribution in [0.25, 0.3) is 11.1 Å². The van der Waals surface area contributed by atoms with Gasteiger partial charge >= 0.3 is 0 Å². The lowest BCUT2D eigenvalue weighted by molar-refractivity contribution is 0.0747. The number of nitrogens with zero attached hydrogens (tertiary/aromatic N) is 2. The predicted octanol–water partition coefficient (Wildman–Crippen LogP) is 4.97. The molecule has 1 aliphatic heterocycles. The smallest absolute Gasteiger partial charge is 0.253 e. The van der Waals surface area contributed by atoms with Gasteiger partial charge in [-0.25, -0.2) is 0 Å². The quantitative estimate of drug-likeness (QED) is 0.644. The Bertz CT molecular complexity index is 917. The lowest BCUT2D eigenvalue weighted by Gasteiger charge is -2.36. The minimum absolute atomic E-state index is 0.0911. The standard InChI is InChI=1S/C23H21ClN2O/c24-21-8-4-5-9-22(21)25-14-16-26(17-15-25)23(27)20-12-10-19(11-13-20)18-6-2-1-3-7-18/h1-13H,14-17H2. The average Bonchev–Trinajstić information content (AvgIpc) is 2.74. The summed E-state index contributed by atoms with van der Waals surface area (Å²) >= 11 is 6.30. The van der Waals surface area contributed by atoms with Crippen molar-refractivity contribution in [3.05, 3.63) is 89.4 Å². The highest BCUT2D eigenvalue weighted by molar-refractivity contribution is 6.33. The summed E-state index contributed by atoms with van der Waals surface area (Å²) < 4.78 is 0. The van der Waals surface area contributed by atoms with Gasteiger partial charge in [0.05, 0.1) is 10.7 Å². The van der Waals surface area contributed by atoms with Crippen molar-refractivity contribution in [1.82, 2.24) is 4.90 Å². The summed E-state index contributed by atoms with van der Waals surface area (Å²) in [6, 6.07) is 25.9. The Morgan fingerprint density at radius 1 is 0.704 bits per heavy atom. The van der Waals surface area contributed by atoms with Gasteiger partial charge in [-0.15, -0.1) is 0 Å². The Labute approximate surface area is 164 Å². The SMILES string of the molecule is O=C(c1ccc(-c2ccccc2)cc1)N1CCN(c2ccccc2Cl)CC1. The van der Waals surface area contributed by atoms with E-state index in [0.29, 0.717) is 13.1 Å². The number of carbonyl (C=O) groups is 1. The molecule has 1 heterocycles. The van der Waals surface area contributed by atoms with Crippen LogP contribution in [-0.4, -0.2) is 37.0 Å². The van der Waals surface area contributed by atoms with E-state index in [9.17, 15) is 4.79 Å². The predicted molar refractivity (Wildman–Crippen MR) is 111 cm³/mol. The van der Waals surface area contributed by atoms with Crippen LogP contribution in [-0.2, 0) is 0 Å². The van der Waals surface area contributed by atoms with Crippen LogP contribution < -0.4 is 4.90 Å². The van der Waals surface area contributed by atoms with Crippen LogP contribution in [0.1, 0.15) is 10.4 Å². The van der Waals surface area contributed by atoms with Crippen molar-refractivity contribution in [1.29, 1.82) is 0 Å². The first-order valence-corrected chi connectivity index (χ1v) is 9.54. The molecule has 0 bridgehead atoms. The summed E-state index contributed by atoms with van der Waals surface area (Å²) in [5.74, 6) is 0.0911. The summed E-state index contributed by atoms with van der Waals surface area (Å²) in [5, 5.41) is 0.758. The van der Waals surface area contributed by atoms with E-state index in [4.69, 9.17) is 11.6 Å². The van der Waals surface area contributed by atoms with Crippen LogP contribution in [0.2, 0.25) is 5.02 Å². The monoisotopic (exact) mass is 376 g/mol. The minimum Gasteiger partial charge on any atom is -0.367 e. The molecule has 0 unspecified atom stereocenters. The van der Waals surface area contributed by atoms with Gasteiger partial charge in [0, 0.05) is 31.7 Å². The highest BCUT2D eigenvalue weighted by Crippen LogP contribution is 2.26. The molecule has 0 N–H and O–H groups in total. The van der Waals surface area contributed by atoms with Gasteiger partial charge < -0.3 is 9.80 Å². The Morgan fingerprint density at radius 2 is 1.30 bits per heavy atom. The molecule has 27 heavy (non-hydrogen) atoms. The van der Waals surface area contributed by atoms with Gasteiger partial charge in [0.2, 0.25) is 0 Å². The lowest BCUT2D eigenvalue weighted by atomic mass is 10.0. The van der Waals surface area contributed by atoms with Crippen molar-refractivity contribution in [3.8, 4) is 11.1 Å². The van der Waals surface area contributed by atoms with Crippen molar-refractivity contribution in [2.45, 2.75) is 0 Å². The Hall–Kier alpha value is -2.78. The second-order valence-electron chi connectivity index (χ2n) is 6.67. The van der Waals surface area contributed by atoms with E-state index in [-0.39, 0.29) is 5.91 Å². The van der Waals surface area contributed by atoms with Gasteiger partial charge in [-0.1, -0.05) is 66.2 Å². The molecule has 3 aromatic rings. The molecule has 0 atom stereocenters. The molecule has 3 aromatic carbocycles. The van der Waals surface area contributed by atoms with Crippen LogP contribution in [0.15, 0.2) is 78.9 Å². The summed E-state index contributed by atoms with van der Waals surface area (Å²) in [4.78, 5) is 17.0. The first kappa shape index (κ1) is 17.6. The van der Waals surface area contributed by atoms with Crippen molar-refractivity contribution in [2.24, 2.45) is 0 Å². The van der Waals surface area contributed by atoms with Crippen LogP contribution in [0.3, 0.4) is 0 Å². The summed E-state index contributed by atoms with van der Waals surface area (Å²) in [6.07, 6.45) is 0. The van der Waals surface area contributed by atoms with Gasteiger partial charge in [0.15, 0.2) is 0 Å². The number of para-hydroxylation sites is 1. The molecule has 1 amide bonds. The molecule has 136 valence electrons. The van der Waals surface area contributed by atoms with Gasteiger partial charge in [-0.2, -0.15) is 0 Å². The van der Waals surface area contributed by atoms with E-state index < -0.39 is 0 Å². The number of piperazine rings is 1. The maximum Gasteiger partial charge on any atom is 0.253 e. The Balaban J connectivity index is 1.41. The van der Waals surface area contributed by atoms with E-state index in [1.165, 1.54) is 0 Å². The van der Waals surface area contributed by atoms with Gasteiger partial charge in [-0.3, -0.25) is 4.79 Å². The zero-order valence-electron chi connectivity index (χ0n) is 15.0. The Morgan fingerprint density at radius 3 is 1.96 bits per heavy atom. The molecule has 1 saturated heterocycles. The zero-order chi connectivity index (χ0) is 18.6. The fourth-order valence-corrected chi connectivity index (χ4v) is 3.73. The first-order chi connectivity index (χ1) is 13.2. The number of rotatable bonds is 3. The third-order valence-corrected chi connectivity index (χ3v) is 5.32. The molecular formula is C23H21ClN2O. The summed E-state index contributed by atoms with van der Waals surface area (Å²) in [6.45, 7) is 2.98. The second kappa shape index (κ2) is 7.85. The van der Waals surface area contributed by atoms with Crippen molar-refractivity contribution in [3.63, 3.8) is 0 Å². The van der Waals surface area contributed by atoms with Crippen molar-refractivity contribution >= 4 is 23.2 Å². The highest BCUT2D eigenvalue weighted by Gasteiger charge is 2.23. The van der Waals surface area contributed by atoms with Crippen molar-refractivity contribution < 1.29 is 4.79 Å². The van der Waals surface area contributed by atoms with Crippen LogP contribution in [0.5, 0.6) is 0 Å². The second-order valence-corrected chi connectivity index (χ2v) is 7.08. The van der Waals surface area contributed by atoms with Crippen LogP contribution >= 0.6 is 11.6 Å². The highest BCUT2D eigenvalue weighted by atomic mass is 35.5. The zero-order valence-corrected chi connectivity index (χ0v) is 15.8. The molecule has 1 fully saturated rings. The number of benzene rings is 3. The fourth-order valence-electron chi connectivity index (χ4n) is 3.48.